The van der Waals surface area contributed by atoms with Crippen molar-refractivity contribution < 1.29 is 18.7 Å². The summed E-state index contributed by atoms with van der Waals surface area (Å²) in [5.41, 5.74) is 1.52. The van der Waals surface area contributed by atoms with Crippen LogP contribution >= 0.6 is 22.9 Å². The van der Waals surface area contributed by atoms with Crippen LogP contribution < -0.4 is 14.8 Å². The van der Waals surface area contributed by atoms with Crippen LogP contribution in [0.4, 0.5) is 0 Å². The van der Waals surface area contributed by atoms with E-state index in [0.29, 0.717) is 28.0 Å². The number of nitrogens with zero attached hydrogens (tertiary/aromatic N) is 1. The van der Waals surface area contributed by atoms with Crippen molar-refractivity contribution >= 4 is 34.9 Å². The fraction of sp³-hybridized carbons (Fsp3) is 0.200. The highest BCUT2D eigenvalue weighted by Crippen LogP contribution is 2.36. The Balaban J connectivity index is 1.60. The monoisotopic (exact) mass is 418 g/mol. The zero-order valence-electron chi connectivity index (χ0n) is 15.6. The fourth-order valence-electron chi connectivity index (χ4n) is 2.53. The maximum absolute atomic E-state index is 12.1. The van der Waals surface area contributed by atoms with Gasteiger partial charge >= 0.3 is 0 Å². The maximum atomic E-state index is 12.1. The van der Waals surface area contributed by atoms with Crippen LogP contribution in [0.15, 0.2) is 40.1 Å². The number of halogens is 1. The summed E-state index contributed by atoms with van der Waals surface area (Å²) in [4.78, 5) is 16.5. The van der Waals surface area contributed by atoms with Gasteiger partial charge in [-0.15, -0.1) is 11.3 Å². The highest BCUT2D eigenvalue weighted by atomic mass is 35.5. The van der Waals surface area contributed by atoms with E-state index in [2.05, 4.69) is 10.3 Å². The van der Waals surface area contributed by atoms with Crippen LogP contribution in [0, 0.1) is 6.92 Å². The molecule has 8 heteroatoms. The number of amides is 1. The standard InChI is InChI=1S/C20H19ClN2O4S/c1-12-23-16(11-28-12)17-6-5-14(27-17)10-22-19(24)7-4-13-8-15(21)20(26-3)18(9-13)25-2/h4-9,11H,10H2,1-3H3,(H,22,24). The van der Waals surface area contributed by atoms with E-state index in [1.54, 1.807) is 29.5 Å². The Hall–Kier alpha value is -2.77. The molecule has 2 heterocycles. The quantitative estimate of drug-likeness (QED) is 0.562. The van der Waals surface area contributed by atoms with Gasteiger partial charge in [0.1, 0.15) is 11.5 Å². The molecule has 1 aromatic carbocycles. The molecular formula is C20H19ClN2O4S. The van der Waals surface area contributed by atoms with Crippen LogP contribution in [0.3, 0.4) is 0 Å². The van der Waals surface area contributed by atoms with Gasteiger partial charge in [0, 0.05) is 11.5 Å². The summed E-state index contributed by atoms with van der Waals surface area (Å²) in [7, 11) is 3.04. The summed E-state index contributed by atoms with van der Waals surface area (Å²) in [5, 5.41) is 6.10. The van der Waals surface area contributed by atoms with E-state index in [0.717, 1.165) is 16.3 Å². The summed E-state index contributed by atoms with van der Waals surface area (Å²) < 4.78 is 16.2. The van der Waals surface area contributed by atoms with Crippen LogP contribution in [-0.2, 0) is 11.3 Å². The van der Waals surface area contributed by atoms with E-state index in [4.69, 9.17) is 25.5 Å². The van der Waals surface area contributed by atoms with Crippen molar-refractivity contribution in [3.63, 3.8) is 0 Å². The first-order chi connectivity index (χ1) is 13.5. The van der Waals surface area contributed by atoms with Gasteiger partial charge in [-0.05, 0) is 42.8 Å². The summed E-state index contributed by atoms with van der Waals surface area (Å²) >= 11 is 7.73. The first kappa shape index (κ1) is 20.0. The second-order valence-corrected chi connectivity index (χ2v) is 7.28. The third-order valence-corrected chi connectivity index (χ3v) is 4.91. The van der Waals surface area contributed by atoms with Crippen LogP contribution in [-0.4, -0.2) is 25.1 Å². The molecule has 6 nitrogen and oxygen atoms in total. The Morgan fingerprint density at radius 2 is 2.14 bits per heavy atom. The number of hydrogen-bond donors (Lipinski definition) is 1. The number of aromatic nitrogens is 1. The third-order valence-electron chi connectivity index (χ3n) is 3.85. The molecular weight excluding hydrogens is 400 g/mol. The first-order valence-electron chi connectivity index (χ1n) is 8.38. The summed E-state index contributed by atoms with van der Waals surface area (Å²) in [6, 6.07) is 7.10. The number of carbonyl (C=O) groups excluding carboxylic acids is 1. The highest BCUT2D eigenvalue weighted by molar-refractivity contribution is 7.09. The molecule has 28 heavy (non-hydrogen) atoms. The van der Waals surface area contributed by atoms with E-state index >= 15 is 0 Å². The minimum absolute atomic E-state index is 0.256. The second kappa shape index (κ2) is 8.95. The number of ether oxygens (including phenoxy) is 2. The van der Waals surface area contributed by atoms with Gasteiger partial charge in [-0.1, -0.05) is 11.6 Å². The number of aryl methyl sites for hydroxylation is 1. The first-order valence-corrected chi connectivity index (χ1v) is 9.64. The molecule has 0 bridgehead atoms. The van der Waals surface area contributed by atoms with Gasteiger partial charge in [0.25, 0.3) is 0 Å². The van der Waals surface area contributed by atoms with Crippen LogP contribution in [0.5, 0.6) is 11.5 Å². The Kier molecular flexibility index (Phi) is 6.38. The lowest BCUT2D eigenvalue weighted by molar-refractivity contribution is -0.116. The number of furan rings is 1. The van der Waals surface area contributed by atoms with Crippen molar-refractivity contribution in [2.75, 3.05) is 14.2 Å². The largest absolute Gasteiger partial charge is 0.493 e. The molecule has 0 unspecified atom stereocenters. The summed E-state index contributed by atoms with van der Waals surface area (Å²) in [6.45, 7) is 2.22. The van der Waals surface area contributed by atoms with Gasteiger partial charge in [-0.25, -0.2) is 4.98 Å². The predicted molar refractivity (Wildman–Crippen MR) is 110 cm³/mol. The molecule has 0 aliphatic carbocycles. The molecule has 0 atom stereocenters. The minimum Gasteiger partial charge on any atom is -0.493 e. The number of carbonyl (C=O) groups is 1. The molecule has 1 amide bonds. The lowest BCUT2D eigenvalue weighted by Gasteiger charge is -2.10. The molecule has 1 N–H and O–H groups in total. The predicted octanol–water partition coefficient (Wildman–Crippen LogP) is 4.71. The number of rotatable bonds is 7. The van der Waals surface area contributed by atoms with Crippen molar-refractivity contribution in [3.8, 4) is 23.0 Å². The van der Waals surface area contributed by atoms with Gasteiger partial charge < -0.3 is 19.2 Å². The smallest absolute Gasteiger partial charge is 0.244 e. The van der Waals surface area contributed by atoms with E-state index in [-0.39, 0.29) is 12.5 Å². The van der Waals surface area contributed by atoms with E-state index < -0.39 is 0 Å². The van der Waals surface area contributed by atoms with E-state index in [1.165, 1.54) is 20.3 Å². The maximum Gasteiger partial charge on any atom is 0.244 e. The molecule has 0 aliphatic heterocycles. The van der Waals surface area contributed by atoms with Gasteiger partial charge in [0.2, 0.25) is 5.91 Å². The topological polar surface area (TPSA) is 73.6 Å². The molecule has 0 saturated heterocycles. The molecule has 3 aromatic rings. The van der Waals surface area contributed by atoms with Crippen molar-refractivity contribution in [1.29, 1.82) is 0 Å². The van der Waals surface area contributed by atoms with Crippen LogP contribution in [0.25, 0.3) is 17.5 Å². The van der Waals surface area contributed by atoms with Crippen molar-refractivity contribution in [2.24, 2.45) is 0 Å². The number of hydrogen-bond acceptors (Lipinski definition) is 6. The SMILES string of the molecule is COc1cc(C=CC(=O)NCc2ccc(-c3csc(C)n3)o2)cc(Cl)c1OC. The Morgan fingerprint density at radius 1 is 1.32 bits per heavy atom. The Bertz CT molecular complexity index is 1010. The van der Waals surface area contributed by atoms with Gasteiger partial charge in [0.05, 0.1) is 30.8 Å². The number of benzene rings is 1. The van der Waals surface area contributed by atoms with Crippen LogP contribution in [0.2, 0.25) is 5.02 Å². The van der Waals surface area contributed by atoms with E-state index in [9.17, 15) is 4.79 Å². The minimum atomic E-state index is -0.256. The Labute approximate surface area is 171 Å². The normalized spacial score (nSPS) is 11.0. The highest BCUT2D eigenvalue weighted by Gasteiger charge is 2.10. The van der Waals surface area contributed by atoms with Crippen molar-refractivity contribution in [2.45, 2.75) is 13.5 Å². The molecule has 146 valence electrons. The molecule has 0 radical (unpaired) electrons. The lowest BCUT2D eigenvalue weighted by Crippen LogP contribution is -2.19. The second-order valence-electron chi connectivity index (χ2n) is 5.81. The van der Waals surface area contributed by atoms with Crippen molar-refractivity contribution in [3.05, 3.63) is 57.1 Å². The molecule has 0 aliphatic rings. The molecule has 0 saturated carbocycles. The average Bonchev–Trinajstić information content (AvgIpc) is 3.33. The van der Waals surface area contributed by atoms with Gasteiger partial charge in [-0.2, -0.15) is 0 Å². The zero-order valence-corrected chi connectivity index (χ0v) is 17.2. The molecule has 2 aromatic heterocycles. The Morgan fingerprint density at radius 3 is 2.82 bits per heavy atom. The average molecular weight is 419 g/mol. The van der Waals surface area contributed by atoms with Gasteiger partial charge in [0.15, 0.2) is 17.3 Å². The number of nitrogens with one attached hydrogen (secondary N) is 1. The van der Waals surface area contributed by atoms with Crippen LogP contribution in [0.1, 0.15) is 16.3 Å². The van der Waals surface area contributed by atoms with Crippen molar-refractivity contribution in [1.82, 2.24) is 10.3 Å². The lowest BCUT2D eigenvalue weighted by atomic mass is 10.2. The third kappa shape index (κ3) is 4.74. The molecule has 0 spiro atoms. The molecule has 3 rings (SSSR count). The summed E-state index contributed by atoms with van der Waals surface area (Å²) in [6.07, 6.45) is 3.07. The van der Waals surface area contributed by atoms with Gasteiger partial charge in [-0.3, -0.25) is 4.79 Å². The number of thiazole rings is 1. The molecule has 0 fully saturated rings. The number of methoxy groups -OCH3 is 2. The zero-order chi connectivity index (χ0) is 20.1. The van der Waals surface area contributed by atoms with E-state index in [1.807, 2.05) is 24.4 Å². The summed E-state index contributed by atoms with van der Waals surface area (Å²) in [5.74, 6) is 2.03. The fourth-order valence-corrected chi connectivity index (χ4v) is 3.42.